The summed E-state index contributed by atoms with van der Waals surface area (Å²) in [4.78, 5) is 11.9. The van der Waals surface area contributed by atoms with Crippen molar-refractivity contribution in [2.24, 2.45) is 0 Å². The predicted molar refractivity (Wildman–Crippen MR) is 142 cm³/mol. The first kappa shape index (κ1) is 27.4. The molecule has 0 aliphatic heterocycles. The molecule has 0 saturated heterocycles. The molecule has 3 aromatic rings. The average molecular weight is 539 g/mol. The summed E-state index contributed by atoms with van der Waals surface area (Å²) in [5.41, 5.74) is 8.26. The van der Waals surface area contributed by atoms with Crippen LogP contribution in [0.1, 0.15) is 43.4 Å². The van der Waals surface area contributed by atoms with Gasteiger partial charge in [0, 0.05) is 34.4 Å². The molecule has 1 atom stereocenters. The molecule has 0 fully saturated rings. The highest BCUT2D eigenvalue weighted by molar-refractivity contribution is 8.00. The van der Waals surface area contributed by atoms with Crippen LogP contribution in [0.2, 0.25) is 0 Å². The second-order valence-corrected chi connectivity index (χ2v) is 13.4. The Bertz CT molecular complexity index is 1340. The van der Waals surface area contributed by atoms with E-state index < -0.39 is 21.8 Å². The van der Waals surface area contributed by atoms with Crippen LogP contribution in [0.25, 0.3) is 10.1 Å². The van der Waals surface area contributed by atoms with Gasteiger partial charge in [0.1, 0.15) is 10.0 Å². The molecule has 0 aliphatic carbocycles. The third kappa shape index (κ3) is 6.35. The number of benzene rings is 2. The Morgan fingerprint density at radius 2 is 1.97 bits per heavy atom. The number of carbonyl (C=O) groups is 1. The van der Waals surface area contributed by atoms with E-state index in [9.17, 15) is 17.6 Å². The van der Waals surface area contributed by atoms with Gasteiger partial charge < -0.3 is 10.8 Å². The van der Waals surface area contributed by atoms with E-state index >= 15 is 0 Å². The summed E-state index contributed by atoms with van der Waals surface area (Å²) in [6, 6.07) is 8.72. The van der Waals surface area contributed by atoms with Gasteiger partial charge in [0.2, 0.25) is 0 Å². The minimum absolute atomic E-state index is 0.00223. The lowest BCUT2D eigenvalue weighted by molar-refractivity contribution is -0.136. The van der Waals surface area contributed by atoms with Gasteiger partial charge in [0.25, 0.3) is 10.0 Å². The van der Waals surface area contributed by atoms with Crippen LogP contribution in [0.5, 0.6) is 0 Å². The zero-order valence-corrected chi connectivity index (χ0v) is 22.7. The van der Waals surface area contributed by atoms with Crippen LogP contribution in [0, 0.1) is 19.7 Å². The zero-order chi connectivity index (χ0) is 25.9. The maximum absolute atomic E-state index is 14.0. The van der Waals surface area contributed by atoms with Crippen molar-refractivity contribution in [1.29, 1.82) is 0 Å². The second-order valence-electron chi connectivity index (χ2n) is 8.66. The number of aliphatic carboxylic acids is 1. The summed E-state index contributed by atoms with van der Waals surface area (Å²) in [6.07, 6.45) is 1.23. The van der Waals surface area contributed by atoms with Crippen molar-refractivity contribution in [1.82, 2.24) is 4.31 Å². The molecule has 1 heterocycles. The van der Waals surface area contributed by atoms with E-state index in [-0.39, 0.29) is 21.6 Å². The molecule has 10 heteroatoms. The van der Waals surface area contributed by atoms with Gasteiger partial charge in [-0.25, -0.2) is 12.8 Å². The number of hydrogen-bond donors (Lipinski definition) is 2. The molecule has 0 bridgehead atoms. The Morgan fingerprint density at radius 1 is 1.26 bits per heavy atom. The number of hydrogen-bond acceptors (Lipinski definition) is 6. The number of carboxylic acid groups (broad SMARTS) is 1. The standard InChI is InChI=1S/C25H31FN2O4S3/c1-5-10-28(14-16(3)33-19-8-6-18(15(2)11-19)7-9-24(29)30)35(31,32)25-17(4)20-12-21(26)22(27)13-23(20)34-25/h6,8,11-13,16H,5,7,9-10,14,27H2,1-4H3,(H,29,30)/t16-/m1/s1. The number of nitrogen functional groups attached to an aromatic ring is 1. The topological polar surface area (TPSA) is 101 Å². The van der Waals surface area contributed by atoms with Gasteiger partial charge in [0.05, 0.1) is 5.69 Å². The fraction of sp³-hybridized carbons (Fsp3) is 0.400. The first-order valence-electron chi connectivity index (χ1n) is 11.4. The summed E-state index contributed by atoms with van der Waals surface area (Å²) >= 11 is 2.71. The fourth-order valence-corrected chi connectivity index (χ4v) is 8.73. The van der Waals surface area contributed by atoms with Crippen molar-refractivity contribution in [3.05, 3.63) is 52.8 Å². The molecule has 0 saturated carbocycles. The van der Waals surface area contributed by atoms with Crippen LogP contribution in [0.4, 0.5) is 10.1 Å². The number of anilines is 1. The van der Waals surface area contributed by atoms with E-state index in [1.165, 1.54) is 16.4 Å². The van der Waals surface area contributed by atoms with Gasteiger partial charge in [-0.15, -0.1) is 23.1 Å². The van der Waals surface area contributed by atoms with Crippen LogP contribution < -0.4 is 5.73 Å². The fourth-order valence-electron chi connectivity index (χ4n) is 3.98. The Labute approximate surface area is 214 Å². The molecule has 35 heavy (non-hydrogen) atoms. The molecule has 0 unspecified atom stereocenters. The van der Waals surface area contributed by atoms with Crippen molar-refractivity contribution in [3.8, 4) is 0 Å². The van der Waals surface area contributed by atoms with Gasteiger partial charge in [0.15, 0.2) is 0 Å². The molecule has 0 amide bonds. The smallest absolute Gasteiger partial charge is 0.303 e. The van der Waals surface area contributed by atoms with E-state index in [1.54, 1.807) is 18.7 Å². The summed E-state index contributed by atoms with van der Waals surface area (Å²) < 4.78 is 43.7. The van der Waals surface area contributed by atoms with E-state index in [1.807, 2.05) is 39.0 Å². The third-order valence-electron chi connectivity index (χ3n) is 5.78. The molecule has 1 aromatic heterocycles. The first-order chi connectivity index (χ1) is 16.4. The van der Waals surface area contributed by atoms with Gasteiger partial charge in [-0.1, -0.05) is 19.9 Å². The number of nitrogens with zero attached hydrogens (tertiary/aromatic N) is 1. The SMILES string of the molecule is CCCN(C[C@@H](C)Sc1ccc(CCC(=O)O)c(C)c1)S(=O)(=O)c1sc2cc(N)c(F)cc2c1C. The number of thiophene rings is 1. The lowest BCUT2D eigenvalue weighted by Crippen LogP contribution is -2.36. The number of rotatable bonds is 11. The number of sulfonamides is 1. The zero-order valence-electron chi connectivity index (χ0n) is 20.3. The summed E-state index contributed by atoms with van der Waals surface area (Å²) in [5.74, 6) is -1.38. The first-order valence-corrected chi connectivity index (χ1v) is 14.5. The van der Waals surface area contributed by atoms with Gasteiger partial charge in [-0.3, -0.25) is 4.79 Å². The maximum Gasteiger partial charge on any atom is 0.303 e. The molecule has 2 aromatic carbocycles. The van der Waals surface area contributed by atoms with Crippen LogP contribution in [0.3, 0.4) is 0 Å². The van der Waals surface area contributed by atoms with Crippen molar-refractivity contribution in [2.45, 2.75) is 61.3 Å². The van der Waals surface area contributed by atoms with E-state index in [4.69, 9.17) is 10.8 Å². The van der Waals surface area contributed by atoms with Crippen molar-refractivity contribution >= 4 is 54.9 Å². The molecular formula is C25H31FN2O4S3. The molecule has 0 radical (unpaired) electrons. The number of fused-ring (bicyclic) bond motifs is 1. The van der Waals surface area contributed by atoms with Crippen molar-refractivity contribution < 1.29 is 22.7 Å². The molecular weight excluding hydrogens is 507 g/mol. The Morgan fingerprint density at radius 3 is 2.60 bits per heavy atom. The van der Waals surface area contributed by atoms with Crippen molar-refractivity contribution in [3.63, 3.8) is 0 Å². The molecule has 190 valence electrons. The van der Waals surface area contributed by atoms with Gasteiger partial charge in [-0.2, -0.15) is 4.31 Å². The molecule has 3 rings (SSSR count). The number of nitrogens with two attached hydrogens (primary N) is 1. The quantitative estimate of drug-likeness (QED) is 0.235. The van der Waals surface area contributed by atoms with Gasteiger partial charge >= 0.3 is 5.97 Å². The Balaban J connectivity index is 1.81. The third-order valence-corrected chi connectivity index (χ3v) is 10.6. The van der Waals surface area contributed by atoms with Crippen LogP contribution in [-0.4, -0.2) is 42.1 Å². The predicted octanol–water partition coefficient (Wildman–Crippen LogP) is 5.84. The van der Waals surface area contributed by atoms with Crippen LogP contribution in [0.15, 0.2) is 39.4 Å². The highest BCUT2D eigenvalue weighted by Gasteiger charge is 2.30. The lowest BCUT2D eigenvalue weighted by Gasteiger charge is -2.24. The highest BCUT2D eigenvalue weighted by Crippen LogP contribution is 2.38. The number of halogens is 1. The second kappa shape index (κ2) is 11.3. The summed E-state index contributed by atoms with van der Waals surface area (Å²) in [6.45, 7) is 8.30. The van der Waals surface area contributed by atoms with Crippen LogP contribution >= 0.6 is 23.1 Å². The van der Waals surface area contributed by atoms with Crippen molar-refractivity contribution in [2.75, 3.05) is 18.8 Å². The van der Waals surface area contributed by atoms with Crippen LogP contribution in [-0.2, 0) is 21.2 Å². The minimum Gasteiger partial charge on any atom is -0.481 e. The number of carboxylic acids is 1. The average Bonchev–Trinajstić information content (AvgIpc) is 3.09. The van der Waals surface area contributed by atoms with Gasteiger partial charge in [-0.05, 0) is 73.0 Å². The normalized spacial score (nSPS) is 13.0. The summed E-state index contributed by atoms with van der Waals surface area (Å²) in [5, 5.41) is 9.46. The largest absolute Gasteiger partial charge is 0.481 e. The molecule has 3 N–H and O–H groups in total. The lowest BCUT2D eigenvalue weighted by atomic mass is 10.0. The molecule has 0 spiro atoms. The minimum atomic E-state index is -3.78. The Kier molecular flexibility index (Phi) is 8.85. The monoisotopic (exact) mass is 538 g/mol. The molecule has 6 nitrogen and oxygen atoms in total. The van der Waals surface area contributed by atoms with E-state index in [0.29, 0.717) is 41.6 Å². The maximum atomic E-state index is 14.0. The van der Waals surface area contributed by atoms with E-state index in [2.05, 4.69) is 0 Å². The molecule has 0 aliphatic rings. The number of thioether (sulfide) groups is 1. The van der Waals surface area contributed by atoms with E-state index in [0.717, 1.165) is 27.4 Å². The summed E-state index contributed by atoms with van der Waals surface area (Å²) in [7, 11) is -3.78. The number of aryl methyl sites for hydroxylation is 3. The Hall–Kier alpha value is -2.14. The highest BCUT2D eigenvalue weighted by atomic mass is 32.2.